The average molecular weight is 430 g/mol. The highest BCUT2D eigenvalue weighted by Crippen LogP contribution is 2.25. The minimum atomic E-state index is -0.734. The first-order valence-electron chi connectivity index (χ1n) is 9.16. The van der Waals surface area contributed by atoms with Crippen LogP contribution in [0, 0.1) is 5.92 Å². The van der Waals surface area contributed by atoms with Gasteiger partial charge in [-0.15, -0.1) is 0 Å². The maximum atomic E-state index is 12.6. The van der Waals surface area contributed by atoms with Crippen LogP contribution in [0.5, 0.6) is 0 Å². The van der Waals surface area contributed by atoms with E-state index >= 15 is 0 Å². The Bertz CT molecular complexity index is 734. The van der Waals surface area contributed by atoms with Gasteiger partial charge in [-0.25, -0.2) is 4.79 Å². The minimum absolute atomic E-state index is 0.148. The quantitative estimate of drug-likeness (QED) is 0.779. The van der Waals surface area contributed by atoms with E-state index in [1.54, 1.807) is 34.9 Å². The Hall–Kier alpha value is -1.99. The minimum Gasteiger partial charge on any atom is -0.449 e. The van der Waals surface area contributed by atoms with Crippen molar-refractivity contribution in [3.8, 4) is 0 Å². The molecule has 1 aromatic rings. The van der Waals surface area contributed by atoms with E-state index in [0.717, 1.165) is 0 Å². The fraction of sp³-hybridized carbons (Fsp3) is 0.526. The Morgan fingerprint density at radius 2 is 1.68 bits per heavy atom. The van der Waals surface area contributed by atoms with Crippen molar-refractivity contribution >= 4 is 41.1 Å². The molecule has 0 radical (unpaired) electrons. The SMILES string of the molecule is CC(C)COC(=O)N1CCN(C(=O)C(C)NC(=O)c2cccc(Cl)c2Cl)CC1. The molecular weight excluding hydrogens is 405 g/mol. The first-order chi connectivity index (χ1) is 13.2. The number of nitrogens with zero attached hydrogens (tertiary/aromatic N) is 2. The summed E-state index contributed by atoms with van der Waals surface area (Å²) in [6.45, 7) is 7.47. The van der Waals surface area contributed by atoms with Crippen LogP contribution in [0.15, 0.2) is 18.2 Å². The van der Waals surface area contributed by atoms with E-state index in [1.807, 2.05) is 13.8 Å². The molecule has 1 aliphatic rings. The molecular formula is C19H25Cl2N3O4. The van der Waals surface area contributed by atoms with Gasteiger partial charge in [-0.3, -0.25) is 9.59 Å². The summed E-state index contributed by atoms with van der Waals surface area (Å²) in [5.74, 6) is -0.421. The normalized spacial score (nSPS) is 15.4. The molecule has 1 fully saturated rings. The predicted molar refractivity (Wildman–Crippen MR) is 108 cm³/mol. The first kappa shape index (κ1) is 22.3. The lowest BCUT2D eigenvalue weighted by molar-refractivity contribution is -0.134. The fourth-order valence-corrected chi connectivity index (χ4v) is 3.11. The summed E-state index contributed by atoms with van der Waals surface area (Å²) < 4.78 is 5.21. The first-order valence-corrected chi connectivity index (χ1v) is 9.91. The standard InChI is InChI=1S/C19H25Cl2N3O4/c1-12(2)11-28-19(27)24-9-7-23(8-10-24)18(26)13(3)22-17(25)14-5-4-6-15(20)16(14)21/h4-6,12-13H,7-11H2,1-3H3,(H,22,25). The molecule has 1 atom stereocenters. The molecule has 7 nitrogen and oxygen atoms in total. The number of amides is 3. The Morgan fingerprint density at radius 1 is 1.07 bits per heavy atom. The number of ether oxygens (including phenoxy) is 1. The van der Waals surface area contributed by atoms with Crippen molar-refractivity contribution < 1.29 is 19.1 Å². The molecule has 0 aliphatic carbocycles. The van der Waals surface area contributed by atoms with E-state index in [-0.39, 0.29) is 33.5 Å². The van der Waals surface area contributed by atoms with Crippen LogP contribution in [-0.4, -0.2) is 66.5 Å². The van der Waals surface area contributed by atoms with Crippen molar-refractivity contribution in [2.24, 2.45) is 5.92 Å². The summed E-state index contributed by atoms with van der Waals surface area (Å²) in [6, 6.07) is 4.01. The van der Waals surface area contributed by atoms with Crippen LogP contribution in [-0.2, 0) is 9.53 Å². The molecule has 1 heterocycles. The summed E-state index contributed by atoms with van der Waals surface area (Å²) in [5.41, 5.74) is 0.214. The molecule has 0 bridgehead atoms. The number of nitrogens with one attached hydrogen (secondary N) is 1. The molecule has 1 saturated heterocycles. The zero-order chi connectivity index (χ0) is 20.8. The van der Waals surface area contributed by atoms with Crippen LogP contribution in [0.4, 0.5) is 4.79 Å². The molecule has 154 valence electrons. The monoisotopic (exact) mass is 429 g/mol. The molecule has 2 rings (SSSR count). The Labute approximate surface area is 174 Å². The maximum Gasteiger partial charge on any atom is 0.409 e. The second kappa shape index (κ2) is 9.98. The number of rotatable bonds is 5. The number of hydrogen-bond acceptors (Lipinski definition) is 4. The van der Waals surface area contributed by atoms with E-state index in [0.29, 0.717) is 32.8 Å². The number of halogens is 2. The summed E-state index contributed by atoms with van der Waals surface area (Å²) in [6.07, 6.45) is -0.363. The molecule has 0 spiro atoms. The van der Waals surface area contributed by atoms with Gasteiger partial charge in [0.05, 0.1) is 22.2 Å². The molecule has 1 N–H and O–H groups in total. The van der Waals surface area contributed by atoms with E-state index < -0.39 is 11.9 Å². The van der Waals surface area contributed by atoms with Gasteiger partial charge in [-0.1, -0.05) is 43.1 Å². The Morgan fingerprint density at radius 3 is 2.29 bits per heavy atom. The van der Waals surface area contributed by atoms with E-state index in [9.17, 15) is 14.4 Å². The lowest BCUT2D eigenvalue weighted by atomic mass is 10.2. The average Bonchev–Trinajstić information content (AvgIpc) is 2.67. The van der Waals surface area contributed by atoms with Gasteiger partial charge in [0.15, 0.2) is 0 Å². The third-order valence-electron chi connectivity index (χ3n) is 4.30. The molecule has 0 saturated carbocycles. The van der Waals surface area contributed by atoms with Crippen LogP contribution >= 0.6 is 23.2 Å². The van der Waals surface area contributed by atoms with Gasteiger partial charge in [0.1, 0.15) is 6.04 Å². The smallest absolute Gasteiger partial charge is 0.409 e. The number of benzene rings is 1. The van der Waals surface area contributed by atoms with Crippen LogP contribution in [0.1, 0.15) is 31.1 Å². The summed E-state index contributed by atoms with van der Waals surface area (Å²) in [7, 11) is 0. The summed E-state index contributed by atoms with van der Waals surface area (Å²) >= 11 is 12.0. The van der Waals surface area contributed by atoms with Crippen LogP contribution in [0.3, 0.4) is 0 Å². The molecule has 0 aromatic heterocycles. The lowest BCUT2D eigenvalue weighted by Crippen LogP contribution is -2.55. The topological polar surface area (TPSA) is 79.0 Å². The number of hydrogen-bond donors (Lipinski definition) is 1. The van der Waals surface area contributed by atoms with Gasteiger partial charge < -0.3 is 19.9 Å². The van der Waals surface area contributed by atoms with E-state index in [2.05, 4.69) is 5.32 Å². The third kappa shape index (κ3) is 5.75. The van der Waals surface area contributed by atoms with Gasteiger partial charge in [-0.2, -0.15) is 0 Å². The highest BCUT2D eigenvalue weighted by atomic mass is 35.5. The zero-order valence-electron chi connectivity index (χ0n) is 16.2. The fourth-order valence-electron chi connectivity index (χ4n) is 2.73. The largest absolute Gasteiger partial charge is 0.449 e. The highest BCUT2D eigenvalue weighted by Gasteiger charge is 2.28. The maximum absolute atomic E-state index is 12.6. The van der Waals surface area contributed by atoms with Crippen molar-refractivity contribution in [2.45, 2.75) is 26.8 Å². The molecule has 1 unspecified atom stereocenters. The van der Waals surface area contributed by atoms with Crippen LogP contribution < -0.4 is 5.32 Å². The van der Waals surface area contributed by atoms with Crippen molar-refractivity contribution in [2.75, 3.05) is 32.8 Å². The van der Waals surface area contributed by atoms with Crippen molar-refractivity contribution in [1.82, 2.24) is 15.1 Å². The van der Waals surface area contributed by atoms with Gasteiger partial charge >= 0.3 is 6.09 Å². The van der Waals surface area contributed by atoms with Crippen molar-refractivity contribution in [3.63, 3.8) is 0 Å². The van der Waals surface area contributed by atoms with E-state index in [1.165, 1.54) is 0 Å². The number of carbonyl (C=O) groups is 3. The van der Waals surface area contributed by atoms with E-state index in [4.69, 9.17) is 27.9 Å². The Balaban J connectivity index is 1.86. The summed E-state index contributed by atoms with van der Waals surface area (Å²) in [5, 5.41) is 3.07. The van der Waals surface area contributed by atoms with Gasteiger partial charge in [0, 0.05) is 26.2 Å². The zero-order valence-corrected chi connectivity index (χ0v) is 17.7. The predicted octanol–water partition coefficient (Wildman–Crippen LogP) is 3.05. The second-order valence-electron chi connectivity index (χ2n) is 7.08. The highest BCUT2D eigenvalue weighted by molar-refractivity contribution is 6.43. The van der Waals surface area contributed by atoms with Crippen molar-refractivity contribution in [1.29, 1.82) is 0 Å². The van der Waals surface area contributed by atoms with Crippen molar-refractivity contribution in [3.05, 3.63) is 33.8 Å². The number of carbonyl (C=O) groups excluding carboxylic acids is 3. The number of piperazine rings is 1. The lowest BCUT2D eigenvalue weighted by Gasteiger charge is -2.35. The molecule has 1 aromatic carbocycles. The molecule has 3 amide bonds. The van der Waals surface area contributed by atoms with Gasteiger partial charge in [0.2, 0.25) is 5.91 Å². The van der Waals surface area contributed by atoms with Crippen LogP contribution in [0.2, 0.25) is 10.0 Å². The van der Waals surface area contributed by atoms with Gasteiger partial charge in [-0.05, 0) is 25.0 Å². The van der Waals surface area contributed by atoms with Gasteiger partial charge in [0.25, 0.3) is 5.91 Å². The molecule has 9 heteroatoms. The molecule has 28 heavy (non-hydrogen) atoms. The molecule has 1 aliphatic heterocycles. The summed E-state index contributed by atoms with van der Waals surface area (Å²) in [4.78, 5) is 40.2. The second-order valence-corrected chi connectivity index (χ2v) is 7.86. The third-order valence-corrected chi connectivity index (χ3v) is 5.12. The van der Waals surface area contributed by atoms with Crippen LogP contribution in [0.25, 0.3) is 0 Å². The Kier molecular flexibility index (Phi) is 7.95.